The predicted octanol–water partition coefficient (Wildman–Crippen LogP) is -0.00580. The van der Waals surface area contributed by atoms with Gasteiger partial charge in [-0.25, -0.2) is 4.79 Å². The summed E-state index contributed by atoms with van der Waals surface area (Å²) >= 11 is 0. The summed E-state index contributed by atoms with van der Waals surface area (Å²) < 4.78 is 4.74. The van der Waals surface area contributed by atoms with Gasteiger partial charge in [0.05, 0.1) is 6.61 Å². The molecule has 0 aliphatic carbocycles. The predicted molar refractivity (Wildman–Crippen MR) is 42.3 cm³/mol. The van der Waals surface area contributed by atoms with Crippen molar-refractivity contribution in [2.24, 2.45) is 0 Å². The highest BCUT2D eigenvalue weighted by atomic mass is 16.5. The van der Waals surface area contributed by atoms with E-state index in [1.165, 1.54) is 12.3 Å². The van der Waals surface area contributed by atoms with Crippen LogP contribution in [-0.2, 0) is 14.3 Å². The maximum Gasteiger partial charge on any atom is 0.329 e. The number of esters is 1. The second-order valence-electron chi connectivity index (χ2n) is 2.48. The SMILES string of the molecule is CCOC(=O)C1CC(=O)C=CN1. The highest BCUT2D eigenvalue weighted by Crippen LogP contribution is 2.02. The Kier molecular flexibility index (Phi) is 2.85. The van der Waals surface area contributed by atoms with Crippen molar-refractivity contribution in [3.63, 3.8) is 0 Å². The van der Waals surface area contributed by atoms with Crippen LogP contribution in [-0.4, -0.2) is 24.4 Å². The van der Waals surface area contributed by atoms with Crippen LogP contribution in [0.3, 0.4) is 0 Å². The molecule has 4 nitrogen and oxygen atoms in total. The van der Waals surface area contributed by atoms with Crippen molar-refractivity contribution in [3.05, 3.63) is 12.3 Å². The van der Waals surface area contributed by atoms with Crippen molar-refractivity contribution < 1.29 is 14.3 Å². The molecule has 0 aromatic heterocycles. The average molecular weight is 169 g/mol. The van der Waals surface area contributed by atoms with Crippen molar-refractivity contribution in [2.75, 3.05) is 6.61 Å². The third kappa shape index (κ3) is 2.08. The molecule has 0 aromatic rings. The van der Waals surface area contributed by atoms with Gasteiger partial charge in [0.15, 0.2) is 5.78 Å². The zero-order valence-electron chi connectivity index (χ0n) is 6.87. The molecule has 66 valence electrons. The second kappa shape index (κ2) is 3.90. The van der Waals surface area contributed by atoms with Crippen molar-refractivity contribution >= 4 is 11.8 Å². The first-order valence-corrected chi connectivity index (χ1v) is 3.86. The molecule has 1 rings (SSSR count). The quantitative estimate of drug-likeness (QED) is 0.591. The van der Waals surface area contributed by atoms with Crippen molar-refractivity contribution in [1.82, 2.24) is 5.32 Å². The Hall–Kier alpha value is -1.32. The fourth-order valence-electron chi connectivity index (χ4n) is 0.980. The van der Waals surface area contributed by atoms with Gasteiger partial charge in [-0.15, -0.1) is 0 Å². The number of carbonyl (C=O) groups is 2. The largest absolute Gasteiger partial charge is 0.464 e. The lowest BCUT2D eigenvalue weighted by atomic mass is 10.1. The Morgan fingerprint density at radius 2 is 2.58 bits per heavy atom. The van der Waals surface area contributed by atoms with E-state index in [9.17, 15) is 9.59 Å². The van der Waals surface area contributed by atoms with E-state index < -0.39 is 6.04 Å². The smallest absolute Gasteiger partial charge is 0.329 e. The van der Waals surface area contributed by atoms with Gasteiger partial charge in [0, 0.05) is 12.6 Å². The topological polar surface area (TPSA) is 55.4 Å². The van der Waals surface area contributed by atoms with Gasteiger partial charge < -0.3 is 10.1 Å². The fourth-order valence-corrected chi connectivity index (χ4v) is 0.980. The molecule has 0 aromatic carbocycles. The normalized spacial score (nSPS) is 21.8. The number of ether oxygens (including phenoxy) is 1. The van der Waals surface area contributed by atoms with Crippen LogP contribution in [0.15, 0.2) is 12.3 Å². The molecule has 0 amide bonds. The molecule has 0 bridgehead atoms. The molecule has 1 unspecified atom stereocenters. The van der Waals surface area contributed by atoms with Crippen LogP contribution in [0.1, 0.15) is 13.3 Å². The van der Waals surface area contributed by atoms with Crippen LogP contribution in [0.5, 0.6) is 0 Å². The summed E-state index contributed by atoms with van der Waals surface area (Å²) in [6.45, 7) is 2.08. The fraction of sp³-hybridized carbons (Fsp3) is 0.500. The van der Waals surface area contributed by atoms with Gasteiger partial charge in [-0.3, -0.25) is 4.79 Å². The monoisotopic (exact) mass is 169 g/mol. The average Bonchev–Trinajstić information content (AvgIpc) is 2.05. The van der Waals surface area contributed by atoms with Crippen LogP contribution in [0, 0.1) is 0 Å². The van der Waals surface area contributed by atoms with E-state index in [1.54, 1.807) is 6.92 Å². The van der Waals surface area contributed by atoms with Gasteiger partial charge in [0.2, 0.25) is 0 Å². The molecular formula is C8H11NO3. The maximum absolute atomic E-state index is 11.1. The van der Waals surface area contributed by atoms with Crippen molar-refractivity contribution in [2.45, 2.75) is 19.4 Å². The minimum atomic E-state index is -0.498. The summed E-state index contributed by atoms with van der Waals surface area (Å²) in [4.78, 5) is 21.9. The third-order valence-electron chi connectivity index (χ3n) is 1.54. The second-order valence-corrected chi connectivity index (χ2v) is 2.48. The molecule has 0 saturated heterocycles. The van der Waals surface area contributed by atoms with E-state index in [0.29, 0.717) is 6.61 Å². The number of rotatable bonds is 2. The Bertz CT molecular complexity index is 222. The van der Waals surface area contributed by atoms with E-state index in [1.807, 2.05) is 0 Å². The van der Waals surface area contributed by atoms with Crippen LogP contribution in [0.4, 0.5) is 0 Å². The number of allylic oxidation sites excluding steroid dienone is 1. The Morgan fingerprint density at radius 3 is 3.17 bits per heavy atom. The summed E-state index contributed by atoms with van der Waals surface area (Å²) in [5.41, 5.74) is 0. The Labute approximate surface area is 70.6 Å². The molecule has 0 spiro atoms. The Morgan fingerprint density at radius 1 is 1.83 bits per heavy atom. The van der Waals surface area contributed by atoms with Crippen molar-refractivity contribution in [3.8, 4) is 0 Å². The third-order valence-corrected chi connectivity index (χ3v) is 1.54. The lowest BCUT2D eigenvalue weighted by Gasteiger charge is -2.16. The highest BCUT2D eigenvalue weighted by molar-refractivity contribution is 5.95. The van der Waals surface area contributed by atoms with E-state index in [0.717, 1.165) is 0 Å². The van der Waals surface area contributed by atoms with E-state index in [4.69, 9.17) is 4.74 Å². The molecule has 1 heterocycles. The molecular weight excluding hydrogens is 158 g/mol. The van der Waals surface area contributed by atoms with E-state index >= 15 is 0 Å². The minimum absolute atomic E-state index is 0.0493. The van der Waals surface area contributed by atoms with Gasteiger partial charge in [-0.1, -0.05) is 0 Å². The van der Waals surface area contributed by atoms with Crippen LogP contribution >= 0.6 is 0 Å². The van der Waals surface area contributed by atoms with Crippen LogP contribution in [0.25, 0.3) is 0 Å². The summed E-state index contributed by atoms with van der Waals surface area (Å²) in [7, 11) is 0. The zero-order valence-corrected chi connectivity index (χ0v) is 6.87. The minimum Gasteiger partial charge on any atom is -0.464 e. The standard InChI is InChI=1S/C8H11NO3/c1-2-12-8(11)7-5-6(10)3-4-9-7/h3-4,7,9H,2,5H2,1H3. The van der Waals surface area contributed by atoms with Crippen LogP contribution < -0.4 is 5.32 Å². The molecule has 1 aliphatic rings. The zero-order chi connectivity index (χ0) is 8.97. The summed E-state index contributed by atoms with van der Waals surface area (Å²) in [6.07, 6.45) is 3.08. The van der Waals surface area contributed by atoms with Gasteiger partial charge in [-0.05, 0) is 13.0 Å². The molecule has 0 saturated carbocycles. The molecule has 1 N–H and O–H groups in total. The van der Waals surface area contributed by atoms with Gasteiger partial charge in [-0.2, -0.15) is 0 Å². The van der Waals surface area contributed by atoms with Crippen molar-refractivity contribution in [1.29, 1.82) is 0 Å². The molecule has 4 heteroatoms. The first-order chi connectivity index (χ1) is 5.74. The van der Waals surface area contributed by atoms with Gasteiger partial charge >= 0.3 is 5.97 Å². The number of hydrogen-bond donors (Lipinski definition) is 1. The first kappa shape index (κ1) is 8.77. The lowest BCUT2D eigenvalue weighted by Crippen LogP contribution is -2.39. The lowest BCUT2D eigenvalue weighted by molar-refractivity contribution is -0.146. The van der Waals surface area contributed by atoms with E-state index in [-0.39, 0.29) is 18.2 Å². The number of nitrogens with one attached hydrogen (secondary N) is 1. The summed E-state index contributed by atoms with van der Waals surface area (Å²) in [5.74, 6) is -0.415. The molecule has 12 heavy (non-hydrogen) atoms. The van der Waals surface area contributed by atoms with Crippen LogP contribution in [0.2, 0.25) is 0 Å². The molecule has 1 atom stereocenters. The molecule has 1 aliphatic heterocycles. The number of hydrogen-bond acceptors (Lipinski definition) is 4. The number of ketones is 1. The van der Waals surface area contributed by atoms with E-state index in [2.05, 4.69) is 5.32 Å². The molecule has 0 radical (unpaired) electrons. The summed E-state index contributed by atoms with van der Waals surface area (Å²) in [5, 5.41) is 2.76. The maximum atomic E-state index is 11.1. The van der Waals surface area contributed by atoms with Gasteiger partial charge in [0.25, 0.3) is 0 Å². The number of carbonyl (C=O) groups excluding carboxylic acids is 2. The first-order valence-electron chi connectivity index (χ1n) is 3.86. The van der Waals surface area contributed by atoms with Gasteiger partial charge in [0.1, 0.15) is 6.04 Å². The highest BCUT2D eigenvalue weighted by Gasteiger charge is 2.22. The summed E-state index contributed by atoms with van der Waals surface area (Å²) in [6, 6.07) is -0.498. The molecule has 0 fully saturated rings. The Balaban J connectivity index is 2.48.